The van der Waals surface area contributed by atoms with E-state index in [9.17, 15) is 9.59 Å². The summed E-state index contributed by atoms with van der Waals surface area (Å²) in [7, 11) is 0. The predicted molar refractivity (Wildman–Crippen MR) is 72.2 cm³/mol. The Bertz CT molecular complexity index is 415. The molecular formula is C13H19N3O2. The smallest absolute Gasteiger partial charge is 0.224 e. The fourth-order valence-electron chi connectivity index (χ4n) is 1.45. The SMILES string of the molecule is CC(=O)Nc1ccc(NC(=O)CC(C)CN)cc1. The van der Waals surface area contributed by atoms with E-state index in [-0.39, 0.29) is 17.7 Å². The van der Waals surface area contributed by atoms with E-state index in [0.717, 1.165) is 0 Å². The van der Waals surface area contributed by atoms with Crippen LogP contribution < -0.4 is 16.4 Å². The largest absolute Gasteiger partial charge is 0.330 e. The summed E-state index contributed by atoms with van der Waals surface area (Å²) in [6, 6.07) is 6.97. The monoisotopic (exact) mass is 249 g/mol. The highest BCUT2D eigenvalue weighted by atomic mass is 16.2. The first-order valence-corrected chi connectivity index (χ1v) is 5.89. The number of rotatable bonds is 5. The van der Waals surface area contributed by atoms with Crippen molar-refractivity contribution in [1.29, 1.82) is 0 Å². The second-order valence-corrected chi connectivity index (χ2v) is 4.35. The summed E-state index contributed by atoms with van der Waals surface area (Å²) >= 11 is 0. The number of benzene rings is 1. The zero-order valence-electron chi connectivity index (χ0n) is 10.7. The van der Waals surface area contributed by atoms with Gasteiger partial charge in [-0.2, -0.15) is 0 Å². The van der Waals surface area contributed by atoms with Crippen molar-refractivity contribution >= 4 is 23.2 Å². The molecule has 98 valence electrons. The summed E-state index contributed by atoms with van der Waals surface area (Å²) in [5, 5.41) is 5.44. The number of amides is 2. The molecule has 0 saturated carbocycles. The summed E-state index contributed by atoms with van der Waals surface area (Å²) in [6.07, 6.45) is 0.407. The number of nitrogens with one attached hydrogen (secondary N) is 2. The molecule has 0 heterocycles. The maximum absolute atomic E-state index is 11.6. The van der Waals surface area contributed by atoms with E-state index in [1.807, 2.05) is 6.92 Å². The van der Waals surface area contributed by atoms with Gasteiger partial charge >= 0.3 is 0 Å². The van der Waals surface area contributed by atoms with Gasteiger partial charge in [0.15, 0.2) is 0 Å². The second-order valence-electron chi connectivity index (χ2n) is 4.35. The molecule has 0 aliphatic heterocycles. The van der Waals surface area contributed by atoms with Crippen molar-refractivity contribution in [3.63, 3.8) is 0 Å². The van der Waals surface area contributed by atoms with Crippen LogP contribution in [0.4, 0.5) is 11.4 Å². The first-order chi connectivity index (χ1) is 8.51. The Morgan fingerprint density at radius 2 is 1.67 bits per heavy atom. The fourth-order valence-corrected chi connectivity index (χ4v) is 1.45. The number of carbonyl (C=O) groups is 2. The van der Waals surface area contributed by atoms with E-state index < -0.39 is 0 Å². The Balaban J connectivity index is 2.53. The van der Waals surface area contributed by atoms with Gasteiger partial charge in [0, 0.05) is 24.7 Å². The minimum Gasteiger partial charge on any atom is -0.330 e. The van der Waals surface area contributed by atoms with E-state index in [4.69, 9.17) is 5.73 Å². The van der Waals surface area contributed by atoms with Crippen LogP contribution in [-0.4, -0.2) is 18.4 Å². The highest BCUT2D eigenvalue weighted by Gasteiger charge is 2.07. The molecule has 0 aromatic heterocycles. The van der Waals surface area contributed by atoms with Crippen LogP contribution in [0.3, 0.4) is 0 Å². The van der Waals surface area contributed by atoms with Gasteiger partial charge in [-0.25, -0.2) is 0 Å². The van der Waals surface area contributed by atoms with Crippen LogP contribution in [0.2, 0.25) is 0 Å². The lowest BCUT2D eigenvalue weighted by molar-refractivity contribution is -0.117. The summed E-state index contributed by atoms with van der Waals surface area (Å²) in [5.41, 5.74) is 6.87. The quantitative estimate of drug-likeness (QED) is 0.740. The van der Waals surface area contributed by atoms with Gasteiger partial charge in [0.25, 0.3) is 0 Å². The van der Waals surface area contributed by atoms with Crippen LogP contribution in [0.5, 0.6) is 0 Å². The molecule has 4 N–H and O–H groups in total. The van der Waals surface area contributed by atoms with Gasteiger partial charge in [0.05, 0.1) is 0 Å². The summed E-state index contributed by atoms with van der Waals surface area (Å²) in [5.74, 6) is -0.00700. The van der Waals surface area contributed by atoms with E-state index >= 15 is 0 Å². The highest BCUT2D eigenvalue weighted by molar-refractivity contribution is 5.92. The lowest BCUT2D eigenvalue weighted by Crippen LogP contribution is -2.20. The maximum atomic E-state index is 11.6. The number of nitrogens with two attached hydrogens (primary N) is 1. The van der Waals surface area contributed by atoms with Crippen molar-refractivity contribution in [2.24, 2.45) is 11.7 Å². The molecule has 0 aliphatic rings. The molecule has 1 unspecified atom stereocenters. The van der Waals surface area contributed by atoms with Crippen molar-refractivity contribution in [1.82, 2.24) is 0 Å². The molecule has 0 aliphatic carbocycles. The maximum Gasteiger partial charge on any atom is 0.224 e. The Morgan fingerprint density at radius 1 is 1.17 bits per heavy atom. The highest BCUT2D eigenvalue weighted by Crippen LogP contribution is 2.14. The minimum atomic E-state index is -0.122. The number of hydrogen-bond donors (Lipinski definition) is 3. The van der Waals surface area contributed by atoms with Gasteiger partial charge < -0.3 is 16.4 Å². The first-order valence-electron chi connectivity index (χ1n) is 5.89. The number of hydrogen-bond acceptors (Lipinski definition) is 3. The van der Waals surface area contributed by atoms with E-state index in [1.54, 1.807) is 24.3 Å². The summed E-state index contributed by atoms with van der Waals surface area (Å²) in [4.78, 5) is 22.4. The van der Waals surface area contributed by atoms with E-state index in [2.05, 4.69) is 10.6 Å². The normalized spacial score (nSPS) is 11.7. The van der Waals surface area contributed by atoms with Crippen LogP contribution in [0, 0.1) is 5.92 Å². The fraction of sp³-hybridized carbons (Fsp3) is 0.385. The van der Waals surface area contributed by atoms with Crippen molar-refractivity contribution in [3.05, 3.63) is 24.3 Å². The van der Waals surface area contributed by atoms with Gasteiger partial charge in [-0.1, -0.05) is 6.92 Å². The van der Waals surface area contributed by atoms with Crippen molar-refractivity contribution in [2.45, 2.75) is 20.3 Å². The third-order valence-electron chi connectivity index (χ3n) is 2.43. The standard InChI is InChI=1S/C13H19N3O2/c1-9(8-14)7-13(18)16-12-5-3-11(4-6-12)15-10(2)17/h3-6,9H,7-8,14H2,1-2H3,(H,15,17)(H,16,18). The average molecular weight is 249 g/mol. The second kappa shape index (κ2) is 6.76. The van der Waals surface area contributed by atoms with Crippen molar-refractivity contribution in [3.8, 4) is 0 Å². The van der Waals surface area contributed by atoms with E-state index in [0.29, 0.717) is 24.3 Å². The summed E-state index contributed by atoms with van der Waals surface area (Å²) < 4.78 is 0. The molecule has 1 atom stereocenters. The van der Waals surface area contributed by atoms with Crippen LogP contribution in [0.15, 0.2) is 24.3 Å². The Labute approximate surface area is 107 Å². The van der Waals surface area contributed by atoms with E-state index in [1.165, 1.54) is 6.92 Å². The Morgan fingerprint density at radius 3 is 2.11 bits per heavy atom. The van der Waals surface area contributed by atoms with Crippen LogP contribution in [-0.2, 0) is 9.59 Å². The third kappa shape index (κ3) is 4.97. The van der Waals surface area contributed by atoms with Crippen molar-refractivity contribution in [2.75, 3.05) is 17.2 Å². The minimum absolute atomic E-state index is 0.0553. The molecule has 18 heavy (non-hydrogen) atoms. The molecule has 1 aromatic rings. The molecule has 0 spiro atoms. The predicted octanol–water partition coefficient (Wildman–Crippen LogP) is 1.57. The molecule has 0 fully saturated rings. The zero-order chi connectivity index (χ0) is 13.5. The molecule has 0 radical (unpaired) electrons. The van der Waals surface area contributed by atoms with Crippen LogP contribution in [0.25, 0.3) is 0 Å². The number of carbonyl (C=O) groups excluding carboxylic acids is 2. The molecule has 0 bridgehead atoms. The molecular weight excluding hydrogens is 230 g/mol. The van der Waals surface area contributed by atoms with Crippen molar-refractivity contribution < 1.29 is 9.59 Å². The molecule has 0 saturated heterocycles. The first kappa shape index (κ1) is 14.2. The Kier molecular flexibility index (Phi) is 5.32. The van der Waals surface area contributed by atoms with Gasteiger partial charge in [0.1, 0.15) is 0 Å². The topological polar surface area (TPSA) is 84.2 Å². The molecule has 1 rings (SSSR count). The average Bonchev–Trinajstić information content (AvgIpc) is 2.30. The Hall–Kier alpha value is -1.88. The third-order valence-corrected chi connectivity index (χ3v) is 2.43. The summed E-state index contributed by atoms with van der Waals surface area (Å²) in [6.45, 7) is 3.87. The van der Waals surface area contributed by atoms with Gasteiger partial charge in [-0.15, -0.1) is 0 Å². The van der Waals surface area contributed by atoms with Gasteiger partial charge in [-0.3, -0.25) is 9.59 Å². The van der Waals surface area contributed by atoms with Gasteiger partial charge in [0.2, 0.25) is 11.8 Å². The van der Waals surface area contributed by atoms with Crippen LogP contribution in [0.1, 0.15) is 20.3 Å². The van der Waals surface area contributed by atoms with Gasteiger partial charge in [-0.05, 0) is 36.7 Å². The lowest BCUT2D eigenvalue weighted by Gasteiger charge is -2.09. The number of anilines is 2. The molecule has 1 aromatic carbocycles. The molecule has 5 nitrogen and oxygen atoms in total. The van der Waals surface area contributed by atoms with Crippen LogP contribution >= 0.6 is 0 Å². The lowest BCUT2D eigenvalue weighted by atomic mass is 10.1. The molecule has 5 heteroatoms. The zero-order valence-corrected chi connectivity index (χ0v) is 10.7. The molecule has 2 amide bonds.